The van der Waals surface area contributed by atoms with E-state index in [2.05, 4.69) is 16.3 Å². The number of fused-ring (bicyclic) bond motifs is 1. The molecular formula is C14H17N5. The highest BCUT2D eigenvalue weighted by Gasteiger charge is 2.12. The standard InChI is InChI=1S/C14H17N5/c1-14(2,15)10-18-8-12(7-17-18)11-3-4-13-5-6-16-19(13)9-11/h3-9H,10,15H2,1-2H3. The zero-order valence-electron chi connectivity index (χ0n) is 11.1. The Bertz CT molecular complexity index is 702. The van der Waals surface area contributed by atoms with Crippen LogP contribution < -0.4 is 5.73 Å². The number of hydrogen-bond donors (Lipinski definition) is 1. The summed E-state index contributed by atoms with van der Waals surface area (Å²) in [4.78, 5) is 0. The van der Waals surface area contributed by atoms with Crippen LogP contribution in [0.1, 0.15) is 13.8 Å². The average molecular weight is 255 g/mol. The monoisotopic (exact) mass is 255 g/mol. The summed E-state index contributed by atoms with van der Waals surface area (Å²) in [5.74, 6) is 0. The van der Waals surface area contributed by atoms with Crippen LogP contribution in [0.2, 0.25) is 0 Å². The van der Waals surface area contributed by atoms with Crippen LogP contribution >= 0.6 is 0 Å². The van der Waals surface area contributed by atoms with Gasteiger partial charge in [0.15, 0.2) is 0 Å². The highest BCUT2D eigenvalue weighted by atomic mass is 15.3. The van der Waals surface area contributed by atoms with Crippen molar-refractivity contribution in [1.82, 2.24) is 19.4 Å². The first kappa shape index (κ1) is 11.9. The van der Waals surface area contributed by atoms with Crippen molar-refractivity contribution in [2.75, 3.05) is 0 Å². The van der Waals surface area contributed by atoms with Gasteiger partial charge in [-0.25, -0.2) is 4.52 Å². The zero-order valence-corrected chi connectivity index (χ0v) is 11.1. The van der Waals surface area contributed by atoms with Gasteiger partial charge in [-0.3, -0.25) is 4.68 Å². The van der Waals surface area contributed by atoms with E-state index in [-0.39, 0.29) is 5.54 Å². The highest BCUT2D eigenvalue weighted by Crippen LogP contribution is 2.19. The molecule has 0 radical (unpaired) electrons. The first-order chi connectivity index (χ1) is 9.01. The van der Waals surface area contributed by atoms with Gasteiger partial charge in [-0.2, -0.15) is 10.2 Å². The van der Waals surface area contributed by atoms with Gasteiger partial charge < -0.3 is 5.73 Å². The number of hydrogen-bond acceptors (Lipinski definition) is 3. The van der Waals surface area contributed by atoms with Crippen LogP contribution in [0.5, 0.6) is 0 Å². The molecule has 3 rings (SSSR count). The molecule has 0 atom stereocenters. The van der Waals surface area contributed by atoms with Crippen LogP contribution in [0.4, 0.5) is 0 Å². The van der Waals surface area contributed by atoms with Gasteiger partial charge in [0, 0.05) is 35.3 Å². The predicted molar refractivity (Wildman–Crippen MR) is 74.7 cm³/mol. The molecule has 0 aliphatic carbocycles. The second-order valence-corrected chi connectivity index (χ2v) is 5.53. The first-order valence-corrected chi connectivity index (χ1v) is 6.26. The number of pyridine rings is 1. The molecular weight excluding hydrogens is 238 g/mol. The minimum atomic E-state index is -0.269. The van der Waals surface area contributed by atoms with E-state index < -0.39 is 0 Å². The fourth-order valence-corrected chi connectivity index (χ4v) is 2.10. The molecule has 5 heteroatoms. The summed E-state index contributed by atoms with van der Waals surface area (Å²) in [6.07, 6.45) is 7.67. The molecule has 0 aromatic carbocycles. The van der Waals surface area contributed by atoms with E-state index in [0.717, 1.165) is 16.6 Å². The molecule has 98 valence electrons. The average Bonchev–Trinajstić information content (AvgIpc) is 2.93. The lowest BCUT2D eigenvalue weighted by Gasteiger charge is -2.17. The lowest BCUT2D eigenvalue weighted by atomic mass is 10.1. The maximum Gasteiger partial charge on any atom is 0.0661 e. The van der Waals surface area contributed by atoms with Gasteiger partial charge in [-0.15, -0.1) is 0 Å². The van der Waals surface area contributed by atoms with Gasteiger partial charge in [-0.05, 0) is 26.0 Å². The van der Waals surface area contributed by atoms with Crippen molar-refractivity contribution < 1.29 is 0 Å². The van der Waals surface area contributed by atoms with Crippen LogP contribution in [0.15, 0.2) is 43.0 Å². The van der Waals surface area contributed by atoms with Crippen LogP contribution in [0, 0.1) is 0 Å². The third-order valence-corrected chi connectivity index (χ3v) is 2.93. The van der Waals surface area contributed by atoms with Crippen molar-refractivity contribution in [3.05, 3.63) is 43.0 Å². The Hall–Kier alpha value is -2.14. The molecule has 0 spiro atoms. The predicted octanol–water partition coefficient (Wildman–Crippen LogP) is 1.94. The maximum absolute atomic E-state index is 6.00. The number of nitrogens with two attached hydrogens (primary N) is 1. The van der Waals surface area contributed by atoms with Gasteiger partial charge in [0.05, 0.1) is 18.3 Å². The Balaban J connectivity index is 1.93. The Morgan fingerprint density at radius 2 is 1.95 bits per heavy atom. The molecule has 3 aromatic rings. The van der Waals surface area contributed by atoms with Crippen LogP contribution in [0.25, 0.3) is 16.6 Å². The first-order valence-electron chi connectivity index (χ1n) is 6.26. The van der Waals surface area contributed by atoms with E-state index in [1.807, 2.05) is 53.8 Å². The summed E-state index contributed by atoms with van der Waals surface area (Å²) in [7, 11) is 0. The molecule has 0 aliphatic heterocycles. The lowest BCUT2D eigenvalue weighted by Crippen LogP contribution is -2.37. The van der Waals surface area contributed by atoms with Crippen LogP contribution in [-0.2, 0) is 6.54 Å². The molecule has 0 aliphatic rings. The van der Waals surface area contributed by atoms with Crippen molar-refractivity contribution in [2.45, 2.75) is 25.9 Å². The SMILES string of the molecule is CC(C)(N)Cn1cc(-c2ccc3ccnn3c2)cn1. The third kappa shape index (κ3) is 2.51. The second-order valence-electron chi connectivity index (χ2n) is 5.53. The summed E-state index contributed by atoms with van der Waals surface area (Å²) >= 11 is 0. The molecule has 0 bridgehead atoms. The zero-order chi connectivity index (χ0) is 13.5. The van der Waals surface area contributed by atoms with Gasteiger partial charge in [0.1, 0.15) is 0 Å². The number of aromatic nitrogens is 4. The van der Waals surface area contributed by atoms with Crippen molar-refractivity contribution >= 4 is 5.52 Å². The third-order valence-electron chi connectivity index (χ3n) is 2.93. The van der Waals surface area contributed by atoms with Gasteiger partial charge in [0.25, 0.3) is 0 Å². The van der Waals surface area contributed by atoms with Crippen molar-refractivity contribution in [2.24, 2.45) is 5.73 Å². The van der Waals surface area contributed by atoms with E-state index in [0.29, 0.717) is 6.54 Å². The fourth-order valence-electron chi connectivity index (χ4n) is 2.10. The molecule has 0 amide bonds. The molecule has 0 fully saturated rings. The molecule has 19 heavy (non-hydrogen) atoms. The van der Waals surface area contributed by atoms with E-state index in [9.17, 15) is 0 Å². The minimum absolute atomic E-state index is 0.269. The molecule has 0 saturated carbocycles. The maximum atomic E-state index is 6.00. The summed E-state index contributed by atoms with van der Waals surface area (Å²) in [5, 5.41) is 8.59. The van der Waals surface area contributed by atoms with Crippen LogP contribution in [-0.4, -0.2) is 24.9 Å². The number of nitrogens with zero attached hydrogens (tertiary/aromatic N) is 4. The fraction of sp³-hybridized carbons (Fsp3) is 0.286. The Morgan fingerprint density at radius 1 is 1.11 bits per heavy atom. The summed E-state index contributed by atoms with van der Waals surface area (Å²) < 4.78 is 3.74. The highest BCUT2D eigenvalue weighted by molar-refractivity contribution is 5.63. The van der Waals surface area contributed by atoms with Crippen molar-refractivity contribution in [3.8, 4) is 11.1 Å². The Morgan fingerprint density at radius 3 is 2.74 bits per heavy atom. The normalized spacial score (nSPS) is 12.2. The smallest absolute Gasteiger partial charge is 0.0661 e. The van der Waals surface area contributed by atoms with Crippen LogP contribution in [0.3, 0.4) is 0 Å². The van der Waals surface area contributed by atoms with E-state index in [1.54, 1.807) is 6.20 Å². The van der Waals surface area contributed by atoms with E-state index in [1.165, 1.54) is 0 Å². The second kappa shape index (κ2) is 4.20. The largest absolute Gasteiger partial charge is 0.324 e. The number of rotatable bonds is 3. The summed E-state index contributed by atoms with van der Waals surface area (Å²) in [6.45, 7) is 4.67. The quantitative estimate of drug-likeness (QED) is 0.778. The Kier molecular flexibility index (Phi) is 2.64. The van der Waals surface area contributed by atoms with Crippen molar-refractivity contribution in [1.29, 1.82) is 0 Å². The molecule has 3 heterocycles. The molecule has 0 unspecified atom stereocenters. The van der Waals surface area contributed by atoms with E-state index in [4.69, 9.17) is 5.73 Å². The topological polar surface area (TPSA) is 61.1 Å². The van der Waals surface area contributed by atoms with Crippen molar-refractivity contribution in [3.63, 3.8) is 0 Å². The Labute approximate surface area is 111 Å². The summed E-state index contributed by atoms with van der Waals surface area (Å²) in [6, 6.07) is 6.10. The molecule has 3 aromatic heterocycles. The van der Waals surface area contributed by atoms with Gasteiger partial charge >= 0.3 is 0 Å². The molecule has 5 nitrogen and oxygen atoms in total. The van der Waals surface area contributed by atoms with E-state index >= 15 is 0 Å². The summed E-state index contributed by atoms with van der Waals surface area (Å²) in [5.41, 5.74) is 8.98. The molecule has 0 saturated heterocycles. The molecule has 2 N–H and O–H groups in total. The van der Waals surface area contributed by atoms with Gasteiger partial charge in [0.2, 0.25) is 0 Å². The lowest BCUT2D eigenvalue weighted by molar-refractivity contribution is 0.408. The minimum Gasteiger partial charge on any atom is -0.324 e. The van der Waals surface area contributed by atoms with Gasteiger partial charge in [-0.1, -0.05) is 6.07 Å².